The van der Waals surface area contributed by atoms with Crippen LogP contribution in [-0.4, -0.2) is 40.6 Å². The standard InChI is InChI=1S/C15H17N3O5/c1-10-11(5-4-7-12(10)18(22)23)15(21)17(9-19)13-6-2-3-8-16-14(13)20/h4-5,7,9,13H,2-3,6,8H2,1H3,(H,16,20). The summed E-state index contributed by atoms with van der Waals surface area (Å²) in [4.78, 5) is 47.3. The molecule has 0 bridgehead atoms. The quantitative estimate of drug-likeness (QED) is 0.509. The van der Waals surface area contributed by atoms with Gasteiger partial charge in [0.25, 0.3) is 11.6 Å². The second-order valence-corrected chi connectivity index (χ2v) is 5.33. The summed E-state index contributed by atoms with van der Waals surface area (Å²) in [6.07, 6.45) is 2.17. The van der Waals surface area contributed by atoms with Crippen molar-refractivity contribution < 1.29 is 19.3 Å². The number of imide groups is 1. The number of amides is 3. The van der Waals surface area contributed by atoms with E-state index in [4.69, 9.17) is 0 Å². The maximum atomic E-state index is 12.6. The normalized spacial score (nSPS) is 17.8. The monoisotopic (exact) mass is 319 g/mol. The highest BCUT2D eigenvalue weighted by atomic mass is 16.6. The predicted molar refractivity (Wildman–Crippen MR) is 80.7 cm³/mol. The topological polar surface area (TPSA) is 110 Å². The van der Waals surface area contributed by atoms with Crippen LogP contribution >= 0.6 is 0 Å². The minimum atomic E-state index is -0.888. The van der Waals surface area contributed by atoms with Gasteiger partial charge in [0.2, 0.25) is 12.3 Å². The molecule has 23 heavy (non-hydrogen) atoms. The van der Waals surface area contributed by atoms with E-state index in [2.05, 4.69) is 5.32 Å². The van der Waals surface area contributed by atoms with E-state index >= 15 is 0 Å². The third kappa shape index (κ3) is 3.36. The molecule has 0 aromatic heterocycles. The van der Waals surface area contributed by atoms with Crippen molar-refractivity contribution in [1.29, 1.82) is 0 Å². The van der Waals surface area contributed by atoms with Gasteiger partial charge in [-0.05, 0) is 32.3 Å². The SMILES string of the molecule is Cc1c(C(=O)N(C=O)C2CCCCNC2=O)cccc1[N+](=O)[O-]. The van der Waals surface area contributed by atoms with Crippen LogP contribution in [0.15, 0.2) is 18.2 Å². The molecule has 1 heterocycles. The molecule has 8 nitrogen and oxygen atoms in total. The molecule has 1 aromatic carbocycles. The third-order valence-electron chi connectivity index (χ3n) is 3.92. The Hall–Kier alpha value is -2.77. The fourth-order valence-electron chi connectivity index (χ4n) is 2.64. The molecule has 0 saturated carbocycles. The number of hydrogen-bond donors (Lipinski definition) is 1. The summed E-state index contributed by atoms with van der Waals surface area (Å²) in [5.74, 6) is -1.09. The van der Waals surface area contributed by atoms with Crippen LogP contribution in [0.5, 0.6) is 0 Å². The summed E-state index contributed by atoms with van der Waals surface area (Å²) in [5, 5.41) is 13.6. The molecule has 1 aliphatic rings. The van der Waals surface area contributed by atoms with Crippen molar-refractivity contribution in [2.75, 3.05) is 6.54 Å². The Balaban J connectivity index is 2.37. The molecule has 2 rings (SSSR count). The van der Waals surface area contributed by atoms with Crippen LogP contribution in [0.25, 0.3) is 0 Å². The van der Waals surface area contributed by atoms with Crippen LogP contribution in [-0.2, 0) is 9.59 Å². The lowest BCUT2D eigenvalue weighted by molar-refractivity contribution is -0.385. The summed E-state index contributed by atoms with van der Waals surface area (Å²) in [7, 11) is 0. The Morgan fingerprint density at radius 2 is 2.17 bits per heavy atom. The van der Waals surface area contributed by atoms with E-state index in [0.29, 0.717) is 25.8 Å². The summed E-state index contributed by atoms with van der Waals surface area (Å²) in [6, 6.07) is 3.20. The molecular formula is C15H17N3O5. The van der Waals surface area contributed by atoms with Crippen molar-refractivity contribution in [3.8, 4) is 0 Å². The largest absolute Gasteiger partial charge is 0.354 e. The Labute approximate surface area is 132 Å². The molecule has 3 amide bonds. The fourth-order valence-corrected chi connectivity index (χ4v) is 2.64. The predicted octanol–water partition coefficient (Wildman–Crippen LogP) is 1.17. The van der Waals surface area contributed by atoms with E-state index in [1.807, 2.05) is 0 Å². The summed E-state index contributed by atoms with van der Waals surface area (Å²) in [5.41, 5.74) is 0.0127. The first-order valence-electron chi connectivity index (χ1n) is 7.27. The van der Waals surface area contributed by atoms with Gasteiger partial charge in [-0.3, -0.25) is 29.4 Å². The molecule has 0 spiro atoms. The average Bonchev–Trinajstić information content (AvgIpc) is 2.73. The van der Waals surface area contributed by atoms with Gasteiger partial charge in [-0.2, -0.15) is 0 Å². The number of rotatable bonds is 4. The van der Waals surface area contributed by atoms with Gasteiger partial charge in [0, 0.05) is 23.7 Å². The van der Waals surface area contributed by atoms with E-state index in [9.17, 15) is 24.5 Å². The second-order valence-electron chi connectivity index (χ2n) is 5.33. The number of nitro groups is 1. The van der Waals surface area contributed by atoms with Crippen LogP contribution < -0.4 is 5.32 Å². The highest BCUT2D eigenvalue weighted by Gasteiger charge is 2.32. The number of hydrogen-bond acceptors (Lipinski definition) is 5. The van der Waals surface area contributed by atoms with Crippen LogP contribution in [0.1, 0.15) is 35.2 Å². The van der Waals surface area contributed by atoms with Crippen molar-refractivity contribution in [2.24, 2.45) is 0 Å². The van der Waals surface area contributed by atoms with Gasteiger partial charge in [-0.15, -0.1) is 0 Å². The van der Waals surface area contributed by atoms with Crippen LogP contribution in [0.2, 0.25) is 0 Å². The lowest BCUT2D eigenvalue weighted by atomic mass is 10.0. The maximum absolute atomic E-state index is 12.6. The minimum Gasteiger partial charge on any atom is -0.354 e. The van der Waals surface area contributed by atoms with Crippen molar-refractivity contribution in [3.63, 3.8) is 0 Å². The van der Waals surface area contributed by atoms with Gasteiger partial charge in [0.05, 0.1) is 4.92 Å². The zero-order valence-corrected chi connectivity index (χ0v) is 12.7. The first-order chi connectivity index (χ1) is 11.0. The van der Waals surface area contributed by atoms with Crippen LogP contribution in [0.4, 0.5) is 5.69 Å². The van der Waals surface area contributed by atoms with Crippen LogP contribution in [0.3, 0.4) is 0 Å². The molecule has 0 aliphatic carbocycles. The second kappa shape index (κ2) is 6.99. The third-order valence-corrected chi connectivity index (χ3v) is 3.92. The van der Waals surface area contributed by atoms with E-state index < -0.39 is 16.9 Å². The molecule has 122 valence electrons. The van der Waals surface area contributed by atoms with Gasteiger partial charge in [0.15, 0.2) is 0 Å². The first-order valence-corrected chi connectivity index (χ1v) is 7.27. The van der Waals surface area contributed by atoms with Crippen molar-refractivity contribution in [1.82, 2.24) is 10.2 Å². The molecule has 1 aromatic rings. The Morgan fingerprint density at radius 1 is 1.43 bits per heavy atom. The van der Waals surface area contributed by atoms with E-state index in [1.54, 1.807) is 0 Å². The van der Waals surface area contributed by atoms with E-state index in [-0.39, 0.29) is 22.7 Å². The van der Waals surface area contributed by atoms with Gasteiger partial charge in [-0.25, -0.2) is 0 Å². The van der Waals surface area contributed by atoms with Crippen LogP contribution in [0, 0.1) is 17.0 Å². The lowest BCUT2D eigenvalue weighted by Crippen LogP contribution is -2.48. The van der Waals surface area contributed by atoms with Gasteiger partial charge in [-0.1, -0.05) is 6.07 Å². The summed E-state index contributed by atoms with van der Waals surface area (Å²) >= 11 is 0. The van der Waals surface area contributed by atoms with Gasteiger partial charge < -0.3 is 5.32 Å². The molecule has 1 fully saturated rings. The van der Waals surface area contributed by atoms with Gasteiger partial charge in [0.1, 0.15) is 6.04 Å². The lowest BCUT2D eigenvalue weighted by Gasteiger charge is -2.24. The Kier molecular flexibility index (Phi) is 5.05. The van der Waals surface area contributed by atoms with Crippen molar-refractivity contribution in [2.45, 2.75) is 32.2 Å². The molecule has 0 radical (unpaired) electrons. The zero-order valence-electron chi connectivity index (χ0n) is 12.7. The first kappa shape index (κ1) is 16.6. The molecule has 1 unspecified atom stereocenters. The summed E-state index contributed by atoms with van der Waals surface area (Å²) < 4.78 is 0. The number of carbonyl (C=O) groups is 3. The molecular weight excluding hydrogens is 302 g/mol. The number of nitrogens with zero attached hydrogens (tertiary/aromatic N) is 2. The molecule has 1 aliphatic heterocycles. The van der Waals surface area contributed by atoms with Gasteiger partial charge >= 0.3 is 0 Å². The molecule has 1 atom stereocenters. The molecule has 8 heteroatoms. The fraction of sp³-hybridized carbons (Fsp3) is 0.400. The minimum absolute atomic E-state index is 0.0448. The zero-order chi connectivity index (χ0) is 17.0. The number of nitrogens with one attached hydrogen (secondary N) is 1. The maximum Gasteiger partial charge on any atom is 0.273 e. The average molecular weight is 319 g/mol. The smallest absolute Gasteiger partial charge is 0.273 e. The number of nitro benzene ring substituents is 1. The Morgan fingerprint density at radius 3 is 2.83 bits per heavy atom. The molecule has 1 N–H and O–H groups in total. The van der Waals surface area contributed by atoms with E-state index in [0.717, 1.165) is 11.3 Å². The highest BCUT2D eigenvalue weighted by molar-refractivity contribution is 6.04. The van der Waals surface area contributed by atoms with Crippen molar-refractivity contribution >= 4 is 23.9 Å². The van der Waals surface area contributed by atoms with E-state index in [1.165, 1.54) is 25.1 Å². The Bertz CT molecular complexity index is 659. The summed E-state index contributed by atoms with van der Waals surface area (Å²) in [6.45, 7) is 1.95. The molecule has 1 saturated heterocycles. The number of benzene rings is 1. The highest BCUT2D eigenvalue weighted by Crippen LogP contribution is 2.23. The number of carbonyl (C=O) groups excluding carboxylic acids is 3. The van der Waals surface area contributed by atoms with Crippen molar-refractivity contribution in [3.05, 3.63) is 39.4 Å².